The highest BCUT2D eigenvalue weighted by Gasteiger charge is 1.98. The lowest BCUT2D eigenvalue weighted by Crippen LogP contribution is -2.14. The number of ether oxygens (including phenoxy) is 1. The molecule has 0 aliphatic rings. The van der Waals surface area contributed by atoms with Crippen LogP contribution < -0.4 is 5.32 Å². The molecular weight excluding hydrogens is 192 g/mol. The summed E-state index contributed by atoms with van der Waals surface area (Å²) in [4.78, 5) is 11.1. The molecule has 0 aromatic heterocycles. The number of esters is 1. The van der Waals surface area contributed by atoms with Crippen LogP contribution in [0, 0.1) is 11.3 Å². The number of nitriles is 1. The summed E-state index contributed by atoms with van der Waals surface area (Å²) in [5.74, 6) is -0.397. The van der Waals surface area contributed by atoms with Gasteiger partial charge in [0.1, 0.15) is 6.61 Å². The van der Waals surface area contributed by atoms with Gasteiger partial charge in [0.05, 0.1) is 12.5 Å². The molecule has 84 valence electrons. The van der Waals surface area contributed by atoms with Gasteiger partial charge < -0.3 is 10.1 Å². The van der Waals surface area contributed by atoms with Crippen LogP contribution in [0.15, 0.2) is 11.8 Å². The van der Waals surface area contributed by atoms with E-state index in [1.807, 2.05) is 13.0 Å². The second-order valence-electron chi connectivity index (χ2n) is 3.18. The lowest BCUT2D eigenvalue weighted by Gasteiger charge is -2.04. The molecule has 0 atom stereocenters. The van der Waals surface area contributed by atoms with Gasteiger partial charge in [0.15, 0.2) is 0 Å². The average Bonchev–Trinajstić information content (AvgIpc) is 2.18. The second kappa shape index (κ2) is 9.07. The minimum atomic E-state index is -0.397. The Balaban J connectivity index is 3.70. The van der Waals surface area contributed by atoms with Gasteiger partial charge >= 0.3 is 5.97 Å². The molecule has 0 heterocycles. The summed E-state index contributed by atoms with van der Waals surface area (Å²) in [5, 5.41) is 11.3. The predicted octanol–water partition coefficient (Wildman–Crippen LogP) is 1.74. The SMILES string of the molecule is CCCCN/C(C)=C\C(=O)OCCC#N. The van der Waals surface area contributed by atoms with E-state index in [9.17, 15) is 4.79 Å². The van der Waals surface area contributed by atoms with E-state index < -0.39 is 5.97 Å². The first-order valence-corrected chi connectivity index (χ1v) is 5.16. The molecule has 0 amide bonds. The van der Waals surface area contributed by atoms with Crippen molar-refractivity contribution in [3.05, 3.63) is 11.8 Å². The molecule has 4 heteroatoms. The lowest BCUT2D eigenvalue weighted by molar-refractivity contribution is -0.137. The Morgan fingerprint density at radius 1 is 1.60 bits per heavy atom. The third-order valence-electron chi connectivity index (χ3n) is 1.73. The fraction of sp³-hybridized carbons (Fsp3) is 0.636. The van der Waals surface area contributed by atoms with Gasteiger partial charge in [-0.15, -0.1) is 0 Å². The smallest absolute Gasteiger partial charge is 0.332 e. The molecule has 0 aromatic carbocycles. The van der Waals surface area contributed by atoms with Gasteiger partial charge in [0.2, 0.25) is 0 Å². The van der Waals surface area contributed by atoms with Gasteiger partial charge in [0, 0.05) is 18.3 Å². The molecule has 0 saturated carbocycles. The first-order chi connectivity index (χ1) is 7.20. The Labute approximate surface area is 90.9 Å². The summed E-state index contributed by atoms with van der Waals surface area (Å²) in [6.07, 6.45) is 3.84. The van der Waals surface area contributed by atoms with Crippen LogP contribution in [0.2, 0.25) is 0 Å². The number of rotatable bonds is 7. The molecular formula is C11H18N2O2. The molecule has 0 unspecified atom stereocenters. The monoisotopic (exact) mass is 210 g/mol. The number of hydrogen-bond acceptors (Lipinski definition) is 4. The van der Waals surface area contributed by atoms with Gasteiger partial charge in [-0.25, -0.2) is 4.79 Å². The fourth-order valence-electron chi connectivity index (χ4n) is 0.929. The number of unbranched alkanes of at least 4 members (excludes halogenated alkanes) is 1. The minimum Gasteiger partial charge on any atom is -0.461 e. The number of nitrogens with zero attached hydrogens (tertiary/aromatic N) is 1. The number of carbonyl (C=O) groups is 1. The Kier molecular flexibility index (Phi) is 8.16. The standard InChI is InChI=1S/C11H18N2O2/c1-3-4-7-13-10(2)9-11(14)15-8-5-6-12/h9,13H,3-5,7-8H2,1-2H3/b10-9-. The molecule has 0 radical (unpaired) electrons. The quantitative estimate of drug-likeness (QED) is 0.395. The summed E-state index contributed by atoms with van der Waals surface area (Å²) in [6.45, 7) is 4.95. The first kappa shape index (κ1) is 13.5. The van der Waals surface area contributed by atoms with Crippen molar-refractivity contribution in [1.82, 2.24) is 5.32 Å². The van der Waals surface area contributed by atoms with E-state index in [0.717, 1.165) is 25.1 Å². The molecule has 0 aromatic rings. The largest absolute Gasteiger partial charge is 0.461 e. The number of carbonyl (C=O) groups excluding carboxylic acids is 1. The normalized spacial score (nSPS) is 10.6. The predicted molar refractivity (Wildman–Crippen MR) is 57.9 cm³/mol. The van der Waals surface area contributed by atoms with Crippen LogP contribution in [0.25, 0.3) is 0 Å². The van der Waals surface area contributed by atoms with Crippen LogP contribution in [0.1, 0.15) is 33.1 Å². The van der Waals surface area contributed by atoms with Crippen LogP contribution in [-0.2, 0) is 9.53 Å². The lowest BCUT2D eigenvalue weighted by atomic mass is 10.3. The van der Waals surface area contributed by atoms with E-state index in [0.29, 0.717) is 0 Å². The Morgan fingerprint density at radius 2 is 2.33 bits per heavy atom. The molecule has 0 aliphatic heterocycles. The Hall–Kier alpha value is -1.50. The summed E-state index contributed by atoms with van der Waals surface area (Å²) in [6, 6.07) is 1.90. The zero-order valence-corrected chi connectivity index (χ0v) is 9.38. The van der Waals surface area contributed by atoms with Crippen molar-refractivity contribution in [2.75, 3.05) is 13.2 Å². The van der Waals surface area contributed by atoms with Crippen molar-refractivity contribution in [3.8, 4) is 6.07 Å². The third-order valence-corrected chi connectivity index (χ3v) is 1.73. The topological polar surface area (TPSA) is 62.1 Å². The second-order valence-corrected chi connectivity index (χ2v) is 3.18. The number of allylic oxidation sites excluding steroid dienone is 1. The van der Waals surface area contributed by atoms with E-state index in [1.54, 1.807) is 0 Å². The molecule has 1 N–H and O–H groups in total. The van der Waals surface area contributed by atoms with Crippen molar-refractivity contribution in [3.63, 3.8) is 0 Å². The summed E-state index contributed by atoms with van der Waals surface area (Å²) in [5.41, 5.74) is 0.797. The van der Waals surface area contributed by atoms with Crippen molar-refractivity contribution in [1.29, 1.82) is 5.26 Å². The van der Waals surface area contributed by atoms with E-state index >= 15 is 0 Å². The van der Waals surface area contributed by atoms with Crippen molar-refractivity contribution >= 4 is 5.97 Å². The highest BCUT2D eigenvalue weighted by atomic mass is 16.5. The maximum Gasteiger partial charge on any atom is 0.332 e. The molecule has 0 aliphatic carbocycles. The van der Waals surface area contributed by atoms with Gasteiger partial charge in [-0.05, 0) is 13.3 Å². The van der Waals surface area contributed by atoms with Gasteiger partial charge in [-0.3, -0.25) is 0 Å². The minimum absolute atomic E-state index is 0.161. The fourth-order valence-corrected chi connectivity index (χ4v) is 0.929. The van der Waals surface area contributed by atoms with E-state index in [4.69, 9.17) is 10.00 Å². The van der Waals surface area contributed by atoms with Crippen LogP contribution in [-0.4, -0.2) is 19.1 Å². The van der Waals surface area contributed by atoms with E-state index in [-0.39, 0.29) is 13.0 Å². The maximum absolute atomic E-state index is 11.1. The highest BCUT2D eigenvalue weighted by molar-refractivity contribution is 5.82. The summed E-state index contributed by atoms with van der Waals surface area (Å²) in [7, 11) is 0. The Bertz CT molecular complexity index is 254. The molecule has 0 fully saturated rings. The molecule has 0 spiro atoms. The molecule has 0 rings (SSSR count). The van der Waals surface area contributed by atoms with Crippen LogP contribution in [0.4, 0.5) is 0 Å². The van der Waals surface area contributed by atoms with Gasteiger partial charge in [-0.2, -0.15) is 5.26 Å². The zero-order chi connectivity index (χ0) is 11.5. The van der Waals surface area contributed by atoms with Gasteiger partial charge in [0.25, 0.3) is 0 Å². The highest BCUT2D eigenvalue weighted by Crippen LogP contribution is 1.92. The van der Waals surface area contributed by atoms with E-state index in [2.05, 4.69) is 12.2 Å². The molecule has 0 bridgehead atoms. The van der Waals surface area contributed by atoms with Crippen LogP contribution in [0.3, 0.4) is 0 Å². The Morgan fingerprint density at radius 3 is 2.93 bits per heavy atom. The third kappa shape index (κ3) is 8.82. The summed E-state index contributed by atoms with van der Waals surface area (Å²) < 4.78 is 4.78. The zero-order valence-electron chi connectivity index (χ0n) is 9.38. The summed E-state index contributed by atoms with van der Waals surface area (Å²) >= 11 is 0. The molecule has 4 nitrogen and oxygen atoms in total. The van der Waals surface area contributed by atoms with Crippen molar-refractivity contribution in [2.24, 2.45) is 0 Å². The van der Waals surface area contributed by atoms with Crippen molar-refractivity contribution in [2.45, 2.75) is 33.1 Å². The maximum atomic E-state index is 11.1. The van der Waals surface area contributed by atoms with Crippen molar-refractivity contribution < 1.29 is 9.53 Å². The first-order valence-electron chi connectivity index (χ1n) is 5.16. The molecule has 0 saturated heterocycles. The average molecular weight is 210 g/mol. The number of nitrogens with one attached hydrogen (secondary N) is 1. The number of hydrogen-bond donors (Lipinski definition) is 1. The van der Waals surface area contributed by atoms with Crippen LogP contribution in [0.5, 0.6) is 0 Å². The van der Waals surface area contributed by atoms with E-state index in [1.165, 1.54) is 6.08 Å². The molecule has 15 heavy (non-hydrogen) atoms. The van der Waals surface area contributed by atoms with Gasteiger partial charge in [-0.1, -0.05) is 13.3 Å². The van der Waals surface area contributed by atoms with Crippen LogP contribution >= 0.6 is 0 Å².